The average molecular weight is 324 g/mol. The minimum Gasteiger partial charge on any atom is -0.457 e. The summed E-state index contributed by atoms with van der Waals surface area (Å²) in [6.07, 6.45) is 0. The van der Waals surface area contributed by atoms with E-state index >= 15 is 0 Å². The summed E-state index contributed by atoms with van der Waals surface area (Å²) in [7, 11) is 0. The molecule has 0 saturated heterocycles. The Hall–Kier alpha value is -1.23. The molecule has 0 bridgehead atoms. The fourth-order valence-corrected chi connectivity index (χ4v) is 3.07. The fraction of sp³-hybridized carbons (Fsp3) is 0.133. The third-order valence-electron chi connectivity index (χ3n) is 2.56. The second-order valence-corrected chi connectivity index (χ2v) is 6.17. The van der Waals surface area contributed by atoms with Gasteiger partial charge < -0.3 is 10.5 Å². The zero-order chi connectivity index (χ0) is 14.5. The number of halogens is 1. The van der Waals surface area contributed by atoms with Crippen LogP contribution >= 0.6 is 35.6 Å². The number of benzene rings is 2. The van der Waals surface area contributed by atoms with Gasteiger partial charge in [0.25, 0.3) is 0 Å². The summed E-state index contributed by atoms with van der Waals surface area (Å²) in [5.41, 5.74) is 6.61. The van der Waals surface area contributed by atoms with E-state index in [9.17, 15) is 0 Å². The number of nitrogens with two attached hydrogens (primary N) is 1. The van der Waals surface area contributed by atoms with Crippen molar-refractivity contribution in [2.24, 2.45) is 5.73 Å². The Morgan fingerprint density at radius 3 is 2.70 bits per heavy atom. The van der Waals surface area contributed by atoms with Gasteiger partial charge in [-0.05, 0) is 36.1 Å². The van der Waals surface area contributed by atoms with Gasteiger partial charge in [0.2, 0.25) is 0 Å². The van der Waals surface area contributed by atoms with Crippen LogP contribution in [-0.2, 0) is 0 Å². The molecule has 2 N–H and O–H groups in total. The fourth-order valence-electron chi connectivity index (χ4n) is 1.77. The first-order valence-corrected chi connectivity index (χ1v) is 7.88. The maximum Gasteiger partial charge on any atom is 0.138 e. The van der Waals surface area contributed by atoms with E-state index in [1.54, 1.807) is 23.9 Å². The molecule has 0 amide bonds. The molecule has 2 nitrogen and oxygen atoms in total. The molecule has 0 heterocycles. The first-order valence-electron chi connectivity index (χ1n) is 6.11. The van der Waals surface area contributed by atoms with Crippen molar-refractivity contribution in [1.82, 2.24) is 0 Å². The Balaban J connectivity index is 2.40. The molecule has 0 aliphatic rings. The lowest BCUT2D eigenvalue weighted by atomic mass is 10.2. The summed E-state index contributed by atoms with van der Waals surface area (Å²) < 4.78 is 5.87. The van der Waals surface area contributed by atoms with Crippen molar-refractivity contribution in [3.63, 3.8) is 0 Å². The molecule has 0 atom stereocenters. The van der Waals surface area contributed by atoms with Gasteiger partial charge in [0.05, 0.1) is 5.56 Å². The number of hydrogen-bond donors (Lipinski definition) is 1. The molecule has 0 radical (unpaired) electrons. The van der Waals surface area contributed by atoms with E-state index in [-0.39, 0.29) is 0 Å². The van der Waals surface area contributed by atoms with Gasteiger partial charge in [-0.25, -0.2) is 0 Å². The minimum atomic E-state index is 0.332. The summed E-state index contributed by atoms with van der Waals surface area (Å²) in [6.45, 7) is 2.08. The first kappa shape index (κ1) is 15.2. The Bertz CT molecular complexity index is 631. The lowest BCUT2D eigenvalue weighted by Gasteiger charge is -2.14. The normalized spacial score (nSPS) is 10.3. The van der Waals surface area contributed by atoms with Gasteiger partial charge in [-0.3, -0.25) is 0 Å². The van der Waals surface area contributed by atoms with Crippen molar-refractivity contribution < 1.29 is 4.74 Å². The predicted molar refractivity (Wildman–Crippen MR) is 90.3 cm³/mol. The van der Waals surface area contributed by atoms with Gasteiger partial charge in [0, 0.05) is 9.92 Å². The van der Waals surface area contributed by atoms with Crippen LogP contribution in [0, 0.1) is 0 Å². The number of hydrogen-bond acceptors (Lipinski definition) is 3. The molecule has 5 heteroatoms. The molecule has 0 aliphatic heterocycles. The zero-order valence-corrected chi connectivity index (χ0v) is 13.3. The van der Waals surface area contributed by atoms with Crippen molar-refractivity contribution in [3.8, 4) is 11.5 Å². The Labute approximate surface area is 133 Å². The molecule has 0 spiro atoms. The van der Waals surface area contributed by atoms with Crippen LogP contribution in [0.4, 0.5) is 0 Å². The quantitative estimate of drug-likeness (QED) is 0.628. The molecular formula is C15H14ClNOS2. The number of ether oxygens (including phenoxy) is 1. The third kappa shape index (κ3) is 3.66. The van der Waals surface area contributed by atoms with Crippen molar-refractivity contribution in [3.05, 3.63) is 53.1 Å². The van der Waals surface area contributed by atoms with Crippen molar-refractivity contribution in [1.29, 1.82) is 0 Å². The zero-order valence-electron chi connectivity index (χ0n) is 10.9. The van der Waals surface area contributed by atoms with E-state index in [0.29, 0.717) is 21.5 Å². The van der Waals surface area contributed by atoms with Crippen molar-refractivity contribution in [2.45, 2.75) is 11.8 Å². The van der Waals surface area contributed by atoms with Crippen LogP contribution in [0.25, 0.3) is 0 Å². The molecule has 2 aromatic carbocycles. The first-order chi connectivity index (χ1) is 9.61. The van der Waals surface area contributed by atoms with Crippen LogP contribution < -0.4 is 10.5 Å². The highest BCUT2D eigenvalue weighted by Gasteiger charge is 2.13. The maximum absolute atomic E-state index is 5.96. The van der Waals surface area contributed by atoms with Gasteiger partial charge >= 0.3 is 0 Å². The summed E-state index contributed by atoms with van der Waals surface area (Å²) in [5, 5.41) is 0.624. The summed E-state index contributed by atoms with van der Waals surface area (Å²) in [6, 6.07) is 13.0. The Kier molecular flexibility index (Phi) is 5.29. The number of thiocarbonyl (C=S) groups is 1. The van der Waals surface area contributed by atoms with Gasteiger partial charge in [0.1, 0.15) is 16.5 Å². The molecule has 2 aromatic rings. The van der Waals surface area contributed by atoms with Gasteiger partial charge in [0.15, 0.2) is 0 Å². The van der Waals surface area contributed by atoms with E-state index in [4.69, 9.17) is 34.3 Å². The third-order valence-corrected chi connectivity index (χ3v) is 3.94. The second-order valence-electron chi connectivity index (χ2n) is 3.99. The number of thioether (sulfide) groups is 1. The lowest BCUT2D eigenvalue weighted by Crippen LogP contribution is -2.12. The number of rotatable bonds is 5. The molecule has 0 aliphatic carbocycles. The molecule has 104 valence electrons. The minimum absolute atomic E-state index is 0.332. The Morgan fingerprint density at radius 1 is 1.30 bits per heavy atom. The molecule has 0 saturated carbocycles. The molecular weight excluding hydrogens is 310 g/mol. The van der Waals surface area contributed by atoms with E-state index < -0.39 is 0 Å². The summed E-state index contributed by atoms with van der Waals surface area (Å²) >= 11 is 12.8. The second kappa shape index (κ2) is 6.97. The molecule has 0 aromatic heterocycles. The van der Waals surface area contributed by atoms with Gasteiger partial charge in [-0.1, -0.05) is 42.9 Å². The smallest absolute Gasteiger partial charge is 0.138 e. The SMILES string of the molecule is CCSc1cccc(Oc2cccc(Cl)c2)c1C(N)=S. The van der Waals surface area contributed by atoms with Crippen molar-refractivity contribution >= 4 is 40.6 Å². The summed E-state index contributed by atoms with van der Waals surface area (Å²) in [4.78, 5) is 1.36. The lowest BCUT2D eigenvalue weighted by molar-refractivity contribution is 0.480. The standard InChI is InChI=1S/C15H14ClNOS2/c1-2-20-13-8-4-7-12(14(13)15(17)19)18-11-6-3-5-10(16)9-11/h3-9H,2H2,1H3,(H2,17,19). The topological polar surface area (TPSA) is 35.2 Å². The molecule has 0 fully saturated rings. The van der Waals surface area contributed by atoms with Crippen LogP contribution in [0.15, 0.2) is 47.4 Å². The highest BCUT2D eigenvalue weighted by molar-refractivity contribution is 7.99. The van der Waals surface area contributed by atoms with Crippen LogP contribution in [0.2, 0.25) is 5.02 Å². The molecule has 20 heavy (non-hydrogen) atoms. The largest absolute Gasteiger partial charge is 0.457 e. The van der Waals surface area contributed by atoms with Crippen molar-refractivity contribution in [2.75, 3.05) is 5.75 Å². The monoisotopic (exact) mass is 323 g/mol. The van der Waals surface area contributed by atoms with Crippen LogP contribution in [-0.4, -0.2) is 10.7 Å². The van der Waals surface area contributed by atoms with Crippen LogP contribution in [0.5, 0.6) is 11.5 Å². The average Bonchev–Trinajstić information content (AvgIpc) is 2.39. The highest BCUT2D eigenvalue weighted by Crippen LogP contribution is 2.33. The Morgan fingerprint density at radius 2 is 2.05 bits per heavy atom. The van der Waals surface area contributed by atoms with Crippen LogP contribution in [0.1, 0.15) is 12.5 Å². The maximum atomic E-state index is 5.96. The summed E-state index contributed by atoms with van der Waals surface area (Å²) in [5.74, 6) is 2.25. The highest BCUT2D eigenvalue weighted by atomic mass is 35.5. The van der Waals surface area contributed by atoms with E-state index in [2.05, 4.69) is 6.92 Å². The van der Waals surface area contributed by atoms with Gasteiger partial charge in [-0.2, -0.15) is 0 Å². The molecule has 0 unspecified atom stereocenters. The van der Waals surface area contributed by atoms with E-state index in [0.717, 1.165) is 16.2 Å². The van der Waals surface area contributed by atoms with E-state index in [1.807, 2.05) is 30.3 Å². The van der Waals surface area contributed by atoms with Crippen LogP contribution in [0.3, 0.4) is 0 Å². The predicted octanol–water partition coefficient (Wildman–Crippen LogP) is 4.88. The van der Waals surface area contributed by atoms with Gasteiger partial charge in [-0.15, -0.1) is 11.8 Å². The van der Waals surface area contributed by atoms with E-state index in [1.165, 1.54) is 0 Å². The molecule has 2 rings (SSSR count).